The van der Waals surface area contributed by atoms with Crippen LogP contribution in [0.2, 0.25) is 0 Å². The number of amides is 1. The van der Waals surface area contributed by atoms with Crippen molar-refractivity contribution in [2.24, 2.45) is 5.92 Å². The Morgan fingerprint density at radius 3 is 2.42 bits per heavy atom. The van der Waals surface area contributed by atoms with Crippen molar-refractivity contribution in [3.63, 3.8) is 0 Å². The minimum absolute atomic E-state index is 0.0766. The highest BCUT2D eigenvalue weighted by Crippen LogP contribution is 2.35. The Bertz CT molecular complexity index is 1000. The van der Waals surface area contributed by atoms with Crippen LogP contribution in [0.5, 0.6) is 11.5 Å². The summed E-state index contributed by atoms with van der Waals surface area (Å²) in [5.41, 5.74) is 1.08. The van der Waals surface area contributed by atoms with Crippen molar-refractivity contribution >= 4 is 15.7 Å². The minimum atomic E-state index is -3.61. The Morgan fingerprint density at radius 1 is 0.968 bits per heavy atom. The molecule has 2 aliphatic rings. The standard InChI is InChI=1S/C24H29NO5S/c26-23(25-24(18-7-3-1-4-8-18)19-9-5-2-6-10-19)13-16-31(27,28)20-11-12-21-22(17-20)30-15-14-29-21/h1,3-4,7-8,11-12,17,19,24H,2,5-6,9-10,13-16H2,(H,25,26). The van der Waals surface area contributed by atoms with Gasteiger partial charge in [-0.25, -0.2) is 8.42 Å². The molecular weight excluding hydrogens is 414 g/mol. The number of ether oxygens (including phenoxy) is 2. The first-order chi connectivity index (χ1) is 15.0. The number of sulfone groups is 1. The van der Waals surface area contributed by atoms with Gasteiger partial charge >= 0.3 is 0 Å². The van der Waals surface area contributed by atoms with Crippen LogP contribution in [0.3, 0.4) is 0 Å². The molecule has 0 spiro atoms. The molecule has 1 heterocycles. The Hall–Kier alpha value is -2.54. The fourth-order valence-electron chi connectivity index (χ4n) is 4.41. The van der Waals surface area contributed by atoms with Crippen molar-refractivity contribution in [1.82, 2.24) is 5.32 Å². The summed E-state index contributed by atoms with van der Waals surface area (Å²) < 4.78 is 36.5. The van der Waals surface area contributed by atoms with Crippen LogP contribution in [0.1, 0.15) is 50.1 Å². The number of benzene rings is 2. The zero-order valence-electron chi connectivity index (χ0n) is 17.6. The zero-order chi connectivity index (χ0) is 21.7. The first-order valence-corrected chi connectivity index (χ1v) is 12.6. The Morgan fingerprint density at radius 2 is 1.68 bits per heavy atom. The average Bonchev–Trinajstić information content (AvgIpc) is 2.82. The third kappa shape index (κ3) is 5.39. The average molecular weight is 444 g/mol. The summed E-state index contributed by atoms with van der Waals surface area (Å²) in [6.45, 7) is 0.837. The molecule has 166 valence electrons. The van der Waals surface area contributed by atoms with E-state index in [0.717, 1.165) is 18.4 Å². The molecule has 1 unspecified atom stereocenters. The van der Waals surface area contributed by atoms with Gasteiger partial charge in [-0.3, -0.25) is 4.79 Å². The third-order valence-corrected chi connectivity index (χ3v) is 7.78. The van der Waals surface area contributed by atoms with Crippen LogP contribution < -0.4 is 14.8 Å². The van der Waals surface area contributed by atoms with Crippen LogP contribution >= 0.6 is 0 Å². The van der Waals surface area contributed by atoms with E-state index in [0.29, 0.717) is 30.6 Å². The van der Waals surface area contributed by atoms with Crippen LogP contribution in [0.15, 0.2) is 53.4 Å². The Balaban J connectivity index is 1.42. The summed E-state index contributed by atoms with van der Waals surface area (Å²) in [4.78, 5) is 12.9. The maximum Gasteiger partial charge on any atom is 0.221 e. The smallest absolute Gasteiger partial charge is 0.221 e. The van der Waals surface area contributed by atoms with Gasteiger partial charge < -0.3 is 14.8 Å². The van der Waals surface area contributed by atoms with Crippen molar-refractivity contribution in [2.75, 3.05) is 19.0 Å². The van der Waals surface area contributed by atoms with Crippen molar-refractivity contribution < 1.29 is 22.7 Å². The molecule has 1 atom stereocenters. The van der Waals surface area contributed by atoms with E-state index >= 15 is 0 Å². The van der Waals surface area contributed by atoms with Crippen LogP contribution in [0, 0.1) is 5.92 Å². The lowest BCUT2D eigenvalue weighted by atomic mass is 9.81. The molecule has 1 amide bonds. The fourth-order valence-corrected chi connectivity index (χ4v) is 5.66. The molecule has 0 aromatic heterocycles. The molecule has 1 saturated carbocycles. The second-order valence-corrected chi connectivity index (χ2v) is 10.3. The molecule has 4 rings (SSSR count). The van der Waals surface area contributed by atoms with Gasteiger partial charge in [0.2, 0.25) is 5.91 Å². The van der Waals surface area contributed by atoms with Gasteiger partial charge in [0.1, 0.15) is 13.2 Å². The molecule has 6 nitrogen and oxygen atoms in total. The van der Waals surface area contributed by atoms with Crippen LogP contribution in [0.4, 0.5) is 0 Å². The lowest BCUT2D eigenvalue weighted by Crippen LogP contribution is -2.35. The lowest BCUT2D eigenvalue weighted by molar-refractivity contribution is -0.122. The summed E-state index contributed by atoms with van der Waals surface area (Å²) in [5, 5.41) is 3.13. The molecule has 1 fully saturated rings. The topological polar surface area (TPSA) is 81.7 Å². The van der Waals surface area contributed by atoms with E-state index in [-0.39, 0.29) is 29.0 Å². The largest absolute Gasteiger partial charge is 0.486 e. The normalized spacial score (nSPS) is 17.7. The number of carbonyl (C=O) groups excluding carboxylic acids is 1. The maximum absolute atomic E-state index is 12.8. The van der Waals surface area contributed by atoms with Crippen molar-refractivity contribution in [1.29, 1.82) is 0 Å². The maximum atomic E-state index is 12.8. The first-order valence-electron chi connectivity index (χ1n) is 11.0. The molecule has 7 heteroatoms. The first kappa shape index (κ1) is 21.7. The monoisotopic (exact) mass is 443 g/mol. The second-order valence-electron chi connectivity index (χ2n) is 8.23. The predicted molar refractivity (Wildman–Crippen MR) is 118 cm³/mol. The number of hydrogen-bond acceptors (Lipinski definition) is 5. The summed E-state index contributed by atoms with van der Waals surface area (Å²) in [6, 6.07) is 14.5. The molecule has 0 radical (unpaired) electrons. The summed E-state index contributed by atoms with van der Waals surface area (Å²) in [6.07, 6.45) is 5.65. The van der Waals surface area contributed by atoms with Crippen molar-refractivity contribution in [3.8, 4) is 11.5 Å². The van der Waals surface area contributed by atoms with Gasteiger partial charge in [-0.05, 0) is 36.5 Å². The predicted octanol–water partition coefficient (Wildman–Crippen LogP) is 4.06. The molecule has 0 bridgehead atoms. The molecule has 2 aromatic rings. The van der Waals surface area contributed by atoms with E-state index in [1.165, 1.54) is 31.4 Å². The summed E-state index contributed by atoms with van der Waals surface area (Å²) in [7, 11) is -3.61. The van der Waals surface area contributed by atoms with E-state index in [9.17, 15) is 13.2 Å². The molecule has 1 aliphatic carbocycles. The van der Waals surface area contributed by atoms with Gasteiger partial charge in [0, 0.05) is 12.5 Å². The van der Waals surface area contributed by atoms with Crippen molar-refractivity contribution in [2.45, 2.75) is 49.5 Å². The SMILES string of the molecule is O=C(CCS(=O)(=O)c1ccc2c(c1)OCCO2)NC(c1ccccc1)C1CCCCC1. The van der Waals surface area contributed by atoms with Crippen LogP contribution in [0.25, 0.3) is 0 Å². The van der Waals surface area contributed by atoms with E-state index < -0.39 is 9.84 Å². The van der Waals surface area contributed by atoms with E-state index in [1.54, 1.807) is 6.07 Å². The van der Waals surface area contributed by atoms with Gasteiger partial charge in [-0.15, -0.1) is 0 Å². The number of carbonyl (C=O) groups is 1. The van der Waals surface area contributed by atoms with Gasteiger partial charge in [0.25, 0.3) is 0 Å². The Labute approximate surface area is 183 Å². The highest BCUT2D eigenvalue weighted by molar-refractivity contribution is 7.91. The molecular formula is C24H29NO5S. The number of hydrogen-bond donors (Lipinski definition) is 1. The fraction of sp³-hybridized carbons (Fsp3) is 0.458. The van der Waals surface area contributed by atoms with Gasteiger partial charge in [-0.1, -0.05) is 49.6 Å². The number of rotatable bonds is 7. The van der Waals surface area contributed by atoms with Gasteiger partial charge in [-0.2, -0.15) is 0 Å². The van der Waals surface area contributed by atoms with E-state index in [4.69, 9.17) is 9.47 Å². The molecule has 0 saturated heterocycles. The second kappa shape index (κ2) is 9.73. The van der Waals surface area contributed by atoms with Gasteiger partial charge in [0.15, 0.2) is 21.3 Å². The summed E-state index contributed by atoms with van der Waals surface area (Å²) in [5.74, 6) is 0.874. The highest BCUT2D eigenvalue weighted by atomic mass is 32.2. The minimum Gasteiger partial charge on any atom is -0.486 e. The molecule has 1 N–H and O–H groups in total. The lowest BCUT2D eigenvalue weighted by Gasteiger charge is -2.31. The molecule has 1 aliphatic heterocycles. The quantitative estimate of drug-likeness (QED) is 0.698. The van der Waals surface area contributed by atoms with Crippen LogP contribution in [-0.2, 0) is 14.6 Å². The third-order valence-electron chi connectivity index (χ3n) is 6.07. The summed E-state index contributed by atoms with van der Waals surface area (Å²) >= 11 is 0. The van der Waals surface area contributed by atoms with Crippen molar-refractivity contribution in [3.05, 3.63) is 54.1 Å². The van der Waals surface area contributed by atoms with Gasteiger partial charge in [0.05, 0.1) is 16.7 Å². The zero-order valence-corrected chi connectivity index (χ0v) is 18.4. The number of nitrogens with one attached hydrogen (secondary N) is 1. The van der Waals surface area contributed by atoms with E-state index in [2.05, 4.69) is 5.32 Å². The van der Waals surface area contributed by atoms with Crippen LogP contribution in [-0.4, -0.2) is 33.3 Å². The molecule has 31 heavy (non-hydrogen) atoms. The number of fused-ring (bicyclic) bond motifs is 1. The van der Waals surface area contributed by atoms with E-state index in [1.807, 2.05) is 30.3 Å². The molecule has 2 aromatic carbocycles. The Kier molecular flexibility index (Phi) is 6.80. The highest BCUT2D eigenvalue weighted by Gasteiger charge is 2.27.